The van der Waals surface area contributed by atoms with Crippen LogP contribution in [-0.2, 0) is 9.59 Å². The summed E-state index contributed by atoms with van der Waals surface area (Å²) in [6.07, 6.45) is 5.44. The topological polar surface area (TPSA) is 113 Å². The number of nitrogens with zero attached hydrogens (tertiary/aromatic N) is 1. The van der Waals surface area contributed by atoms with Crippen molar-refractivity contribution in [3.63, 3.8) is 0 Å². The van der Waals surface area contributed by atoms with Crippen LogP contribution in [0.5, 0.6) is 0 Å². The number of nitrogens with one attached hydrogen (secondary N) is 1. The number of rotatable bonds is 4. The van der Waals surface area contributed by atoms with Gasteiger partial charge in [-0.3, -0.25) is 4.79 Å². The van der Waals surface area contributed by atoms with Crippen molar-refractivity contribution in [2.75, 3.05) is 13.1 Å². The average Bonchev–Trinajstić information content (AvgIpc) is 2.45. The number of hydrogen-bond acceptors (Lipinski definition) is 3. The minimum atomic E-state index is -1.25. The normalized spacial score (nSPS) is 26.6. The summed E-state index contributed by atoms with van der Waals surface area (Å²) >= 11 is 0. The summed E-state index contributed by atoms with van der Waals surface area (Å²) in [4.78, 5) is 35.7. The summed E-state index contributed by atoms with van der Waals surface area (Å²) in [6.45, 7) is 1.33. The fraction of sp³-hybridized carbons (Fsp3) is 0.786. The van der Waals surface area contributed by atoms with E-state index in [1.54, 1.807) is 4.90 Å². The lowest BCUT2D eigenvalue weighted by Gasteiger charge is -2.41. The Labute approximate surface area is 123 Å². The Hall–Kier alpha value is -1.79. The molecule has 2 unspecified atom stereocenters. The molecule has 1 heterocycles. The van der Waals surface area contributed by atoms with Gasteiger partial charge in [-0.1, -0.05) is 19.3 Å². The zero-order valence-electron chi connectivity index (χ0n) is 12.1. The summed E-state index contributed by atoms with van der Waals surface area (Å²) in [7, 11) is 0. The highest BCUT2D eigenvalue weighted by Crippen LogP contribution is 2.35. The molecule has 0 aromatic heterocycles. The summed E-state index contributed by atoms with van der Waals surface area (Å²) in [6, 6.07) is -1.66. The fourth-order valence-electron chi connectivity index (χ4n) is 3.43. The van der Waals surface area contributed by atoms with Crippen LogP contribution in [0.15, 0.2) is 0 Å². The van der Waals surface area contributed by atoms with Crippen molar-refractivity contribution in [2.24, 2.45) is 17.6 Å². The molecule has 0 radical (unpaired) electrons. The first-order chi connectivity index (χ1) is 9.97. The minimum absolute atomic E-state index is 0.388. The molecule has 118 valence electrons. The number of amides is 3. The second kappa shape index (κ2) is 6.78. The Kier molecular flexibility index (Phi) is 5.03. The first-order valence-electron chi connectivity index (χ1n) is 7.54. The molecule has 0 bridgehead atoms. The number of urea groups is 1. The lowest BCUT2D eigenvalue weighted by atomic mass is 9.75. The summed E-state index contributed by atoms with van der Waals surface area (Å²) in [5.74, 6) is -0.759. The highest BCUT2D eigenvalue weighted by Gasteiger charge is 2.34. The molecular weight excluding hydrogens is 274 g/mol. The molecule has 2 fully saturated rings. The van der Waals surface area contributed by atoms with Crippen LogP contribution in [0.3, 0.4) is 0 Å². The van der Waals surface area contributed by atoms with Crippen molar-refractivity contribution in [3.8, 4) is 0 Å². The molecule has 4 N–H and O–H groups in total. The van der Waals surface area contributed by atoms with Crippen LogP contribution in [0.25, 0.3) is 0 Å². The lowest BCUT2D eigenvalue weighted by molar-refractivity contribution is -0.141. The van der Waals surface area contributed by atoms with E-state index in [-0.39, 0.29) is 6.42 Å². The monoisotopic (exact) mass is 297 g/mol. The number of carbonyl (C=O) groups excluding carboxylic acids is 2. The molecule has 7 nitrogen and oxygen atoms in total. The Morgan fingerprint density at radius 3 is 2.48 bits per heavy atom. The molecule has 21 heavy (non-hydrogen) atoms. The summed E-state index contributed by atoms with van der Waals surface area (Å²) in [5, 5.41) is 11.4. The van der Waals surface area contributed by atoms with E-state index in [1.807, 2.05) is 0 Å². The van der Waals surface area contributed by atoms with Crippen molar-refractivity contribution in [1.82, 2.24) is 10.2 Å². The number of aliphatic carboxylic acids is 1. The second-order valence-corrected chi connectivity index (χ2v) is 6.05. The molecule has 0 spiro atoms. The van der Waals surface area contributed by atoms with Gasteiger partial charge >= 0.3 is 12.0 Å². The SMILES string of the molecule is NC(=O)C[C@H](NC(=O)N1CCC2CCCCC2C1)C(=O)O. The van der Waals surface area contributed by atoms with Gasteiger partial charge in [0, 0.05) is 13.1 Å². The molecule has 3 amide bonds. The van der Waals surface area contributed by atoms with E-state index < -0.39 is 23.9 Å². The van der Waals surface area contributed by atoms with Crippen molar-refractivity contribution in [2.45, 2.75) is 44.6 Å². The predicted molar refractivity (Wildman–Crippen MR) is 75.4 cm³/mol. The summed E-state index contributed by atoms with van der Waals surface area (Å²) in [5.41, 5.74) is 5.01. The van der Waals surface area contributed by atoms with Gasteiger partial charge in [0.2, 0.25) is 5.91 Å². The molecular formula is C14H23N3O4. The fourth-order valence-corrected chi connectivity index (χ4v) is 3.43. The van der Waals surface area contributed by atoms with Crippen molar-refractivity contribution in [1.29, 1.82) is 0 Å². The Bertz CT molecular complexity index is 426. The van der Waals surface area contributed by atoms with E-state index in [4.69, 9.17) is 10.8 Å². The third-order valence-corrected chi connectivity index (χ3v) is 4.58. The van der Waals surface area contributed by atoms with E-state index in [2.05, 4.69) is 5.32 Å². The van der Waals surface area contributed by atoms with Gasteiger partial charge in [0.1, 0.15) is 6.04 Å². The van der Waals surface area contributed by atoms with Crippen molar-refractivity contribution >= 4 is 17.9 Å². The van der Waals surface area contributed by atoms with Crippen LogP contribution in [0.4, 0.5) is 4.79 Å². The van der Waals surface area contributed by atoms with Crippen LogP contribution in [-0.4, -0.2) is 47.0 Å². The lowest BCUT2D eigenvalue weighted by Crippen LogP contribution is -2.53. The van der Waals surface area contributed by atoms with Gasteiger partial charge < -0.3 is 21.1 Å². The molecule has 7 heteroatoms. The maximum Gasteiger partial charge on any atom is 0.326 e. The maximum absolute atomic E-state index is 12.2. The van der Waals surface area contributed by atoms with E-state index in [0.29, 0.717) is 24.9 Å². The molecule has 0 aromatic rings. The molecule has 1 aliphatic carbocycles. The minimum Gasteiger partial charge on any atom is -0.480 e. The standard InChI is InChI=1S/C14H23N3O4/c15-12(18)7-11(13(19)20)16-14(21)17-6-5-9-3-1-2-4-10(9)8-17/h9-11H,1-8H2,(H2,15,18)(H,16,21)(H,19,20)/t9?,10?,11-/m0/s1. The maximum atomic E-state index is 12.2. The van der Waals surface area contributed by atoms with Crippen LogP contribution >= 0.6 is 0 Å². The number of carboxylic acid groups (broad SMARTS) is 1. The van der Waals surface area contributed by atoms with Gasteiger partial charge in [0.15, 0.2) is 0 Å². The van der Waals surface area contributed by atoms with Gasteiger partial charge in [-0.15, -0.1) is 0 Å². The Morgan fingerprint density at radius 2 is 1.86 bits per heavy atom. The highest BCUT2D eigenvalue weighted by molar-refractivity contribution is 5.87. The van der Waals surface area contributed by atoms with E-state index >= 15 is 0 Å². The Balaban J connectivity index is 1.90. The largest absolute Gasteiger partial charge is 0.480 e. The molecule has 1 saturated carbocycles. The van der Waals surface area contributed by atoms with Gasteiger partial charge in [0.05, 0.1) is 6.42 Å². The van der Waals surface area contributed by atoms with Gasteiger partial charge in [-0.25, -0.2) is 9.59 Å². The zero-order chi connectivity index (χ0) is 15.4. The number of likely N-dealkylation sites (tertiary alicyclic amines) is 1. The predicted octanol–water partition coefficient (Wildman–Crippen LogP) is 0.537. The molecule has 1 aliphatic heterocycles. The van der Waals surface area contributed by atoms with Crippen LogP contribution in [0, 0.1) is 11.8 Å². The van der Waals surface area contributed by atoms with Crippen LogP contribution in [0.1, 0.15) is 38.5 Å². The quantitative estimate of drug-likeness (QED) is 0.702. The first kappa shape index (κ1) is 15.6. The van der Waals surface area contributed by atoms with Gasteiger partial charge in [-0.05, 0) is 24.7 Å². The van der Waals surface area contributed by atoms with Gasteiger partial charge in [0.25, 0.3) is 0 Å². The third kappa shape index (κ3) is 4.09. The molecule has 2 aliphatic rings. The Morgan fingerprint density at radius 1 is 1.19 bits per heavy atom. The number of carboxylic acids is 1. The van der Waals surface area contributed by atoms with Crippen molar-refractivity contribution in [3.05, 3.63) is 0 Å². The number of piperidine rings is 1. The molecule has 2 rings (SSSR count). The number of primary amides is 1. The van der Waals surface area contributed by atoms with E-state index in [0.717, 1.165) is 12.8 Å². The van der Waals surface area contributed by atoms with E-state index in [1.165, 1.54) is 19.3 Å². The van der Waals surface area contributed by atoms with E-state index in [9.17, 15) is 14.4 Å². The number of hydrogen-bond donors (Lipinski definition) is 3. The number of fused-ring (bicyclic) bond motifs is 1. The highest BCUT2D eigenvalue weighted by atomic mass is 16.4. The zero-order valence-corrected chi connectivity index (χ0v) is 12.1. The average molecular weight is 297 g/mol. The first-order valence-corrected chi connectivity index (χ1v) is 7.54. The number of carbonyl (C=O) groups is 3. The molecule has 1 saturated heterocycles. The third-order valence-electron chi connectivity index (χ3n) is 4.58. The van der Waals surface area contributed by atoms with Crippen LogP contribution < -0.4 is 11.1 Å². The number of nitrogens with two attached hydrogens (primary N) is 1. The van der Waals surface area contributed by atoms with Crippen LogP contribution in [0.2, 0.25) is 0 Å². The summed E-state index contributed by atoms with van der Waals surface area (Å²) < 4.78 is 0. The van der Waals surface area contributed by atoms with Crippen molar-refractivity contribution < 1.29 is 19.5 Å². The van der Waals surface area contributed by atoms with Gasteiger partial charge in [-0.2, -0.15) is 0 Å². The smallest absolute Gasteiger partial charge is 0.326 e. The molecule has 3 atom stereocenters. The second-order valence-electron chi connectivity index (χ2n) is 6.05. The molecule has 0 aromatic carbocycles.